The molecule has 0 heterocycles. The predicted molar refractivity (Wildman–Crippen MR) is 77.4 cm³/mol. The first-order valence-corrected chi connectivity index (χ1v) is 7.29. The number of aliphatic hydroxyl groups excluding tert-OH is 1. The number of hydrogen-bond acceptors (Lipinski definition) is 5. The van der Waals surface area contributed by atoms with Gasteiger partial charge < -0.3 is 15.2 Å². The Morgan fingerprint density at radius 2 is 2.05 bits per heavy atom. The summed E-state index contributed by atoms with van der Waals surface area (Å²) < 4.78 is 4.52. The summed E-state index contributed by atoms with van der Waals surface area (Å²) in [5, 5.41) is 11.9. The molecule has 0 bridgehead atoms. The number of benzene rings is 1. The second-order valence-corrected chi connectivity index (χ2v) is 5.21. The van der Waals surface area contributed by atoms with Gasteiger partial charge in [0.25, 0.3) is 0 Å². The van der Waals surface area contributed by atoms with Gasteiger partial charge >= 0.3 is 5.97 Å². The number of amides is 1. The minimum atomic E-state index is -0.419. The average molecular weight is 297 g/mol. The van der Waals surface area contributed by atoms with E-state index in [1.807, 2.05) is 30.3 Å². The third kappa shape index (κ3) is 6.58. The lowest BCUT2D eigenvalue weighted by Crippen LogP contribution is -2.38. The van der Waals surface area contributed by atoms with Crippen molar-refractivity contribution in [3.05, 3.63) is 30.3 Å². The molecule has 1 amide bonds. The molecule has 2 N–H and O–H groups in total. The van der Waals surface area contributed by atoms with Crippen molar-refractivity contribution in [2.75, 3.05) is 19.5 Å². The molecule has 0 radical (unpaired) electrons. The Labute approximate surface area is 122 Å². The number of methoxy groups -OCH3 is 1. The molecule has 0 saturated carbocycles. The van der Waals surface area contributed by atoms with E-state index in [0.29, 0.717) is 6.42 Å². The van der Waals surface area contributed by atoms with E-state index in [9.17, 15) is 14.7 Å². The molecule has 5 nitrogen and oxygen atoms in total. The van der Waals surface area contributed by atoms with Gasteiger partial charge in [0.15, 0.2) is 0 Å². The second kappa shape index (κ2) is 9.39. The molecule has 20 heavy (non-hydrogen) atoms. The van der Waals surface area contributed by atoms with Crippen LogP contribution in [-0.2, 0) is 14.3 Å². The fourth-order valence-corrected chi connectivity index (χ4v) is 2.27. The van der Waals surface area contributed by atoms with Crippen molar-refractivity contribution >= 4 is 23.6 Å². The number of aliphatic hydroxyl groups is 1. The molecule has 0 aliphatic carbocycles. The number of esters is 1. The van der Waals surface area contributed by atoms with Gasteiger partial charge in [-0.15, -0.1) is 11.8 Å². The predicted octanol–water partition coefficient (Wildman–Crippen LogP) is 1.21. The molecule has 0 spiro atoms. The van der Waals surface area contributed by atoms with Crippen LogP contribution in [0, 0.1) is 0 Å². The number of nitrogens with one attached hydrogen (secondary N) is 1. The van der Waals surface area contributed by atoms with Crippen LogP contribution in [0.15, 0.2) is 35.2 Å². The van der Waals surface area contributed by atoms with Crippen molar-refractivity contribution < 1.29 is 19.4 Å². The van der Waals surface area contributed by atoms with Crippen molar-refractivity contribution in [2.24, 2.45) is 0 Å². The standard InChI is InChI=1S/C14H19NO4S/c1-19-14(18)8-7-11(9-16)15-13(17)10-20-12-5-3-2-4-6-12/h2-6,11,16H,7-10H2,1H3,(H,15,17)/t11-/m0/s1. The lowest BCUT2D eigenvalue weighted by atomic mass is 10.1. The highest BCUT2D eigenvalue weighted by Crippen LogP contribution is 2.16. The van der Waals surface area contributed by atoms with E-state index in [1.54, 1.807) is 0 Å². The van der Waals surface area contributed by atoms with Crippen molar-refractivity contribution in [3.63, 3.8) is 0 Å². The maximum Gasteiger partial charge on any atom is 0.305 e. The summed E-state index contributed by atoms with van der Waals surface area (Å²) in [5.74, 6) is -0.238. The molecule has 0 unspecified atom stereocenters. The van der Waals surface area contributed by atoms with Gasteiger partial charge in [-0.05, 0) is 18.6 Å². The molecule has 0 saturated heterocycles. The van der Waals surface area contributed by atoms with Crippen LogP contribution in [0.2, 0.25) is 0 Å². The Morgan fingerprint density at radius 3 is 2.65 bits per heavy atom. The molecular weight excluding hydrogens is 278 g/mol. The third-order valence-electron chi connectivity index (χ3n) is 2.62. The van der Waals surface area contributed by atoms with E-state index in [1.165, 1.54) is 18.9 Å². The van der Waals surface area contributed by atoms with E-state index < -0.39 is 6.04 Å². The molecule has 0 aromatic heterocycles. The minimum absolute atomic E-state index is 0.164. The van der Waals surface area contributed by atoms with Crippen molar-refractivity contribution in [1.82, 2.24) is 5.32 Å². The van der Waals surface area contributed by atoms with Crippen LogP contribution in [-0.4, -0.2) is 42.5 Å². The zero-order chi connectivity index (χ0) is 14.8. The Morgan fingerprint density at radius 1 is 1.35 bits per heavy atom. The highest BCUT2D eigenvalue weighted by molar-refractivity contribution is 8.00. The fourth-order valence-electron chi connectivity index (χ4n) is 1.54. The first-order valence-electron chi connectivity index (χ1n) is 6.30. The van der Waals surface area contributed by atoms with Gasteiger partial charge in [0.05, 0.1) is 25.5 Å². The Kier molecular flexibility index (Phi) is 7.75. The first kappa shape index (κ1) is 16.5. The van der Waals surface area contributed by atoms with Gasteiger partial charge in [0, 0.05) is 11.3 Å². The maximum atomic E-state index is 11.7. The van der Waals surface area contributed by atoms with Crippen LogP contribution in [0.1, 0.15) is 12.8 Å². The molecule has 1 rings (SSSR count). The zero-order valence-electron chi connectivity index (χ0n) is 11.4. The number of carbonyl (C=O) groups excluding carboxylic acids is 2. The van der Waals surface area contributed by atoms with Crippen LogP contribution in [0.25, 0.3) is 0 Å². The zero-order valence-corrected chi connectivity index (χ0v) is 12.2. The minimum Gasteiger partial charge on any atom is -0.469 e. The number of carbonyl (C=O) groups is 2. The molecule has 0 aliphatic heterocycles. The van der Waals surface area contributed by atoms with Gasteiger partial charge in [-0.3, -0.25) is 9.59 Å². The summed E-state index contributed by atoms with van der Waals surface area (Å²) in [7, 11) is 1.31. The van der Waals surface area contributed by atoms with Gasteiger partial charge in [-0.1, -0.05) is 18.2 Å². The SMILES string of the molecule is COC(=O)CC[C@@H](CO)NC(=O)CSc1ccccc1. The molecule has 6 heteroatoms. The molecule has 1 atom stereocenters. The van der Waals surface area contributed by atoms with Gasteiger partial charge in [-0.2, -0.15) is 0 Å². The fraction of sp³-hybridized carbons (Fsp3) is 0.429. The van der Waals surface area contributed by atoms with E-state index >= 15 is 0 Å². The number of rotatable bonds is 8. The van der Waals surface area contributed by atoms with Crippen molar-refractivity contribution in [3.8, 4) is 0 Å². The summed E-state index contributed by atoms with van der Waals surface area (Å²) in [6, 6.07) is 9.18. The van der Waals surface area contributed by atoms with E-state index in [-0.39, 0.29) is 30.7 Å². The smallest absolute Gasteiger partial charge is 0.305 e. The first-order chi connectivity index (χ1) is 9.65. The normalized spacial score (nSPS) is 11.7. The quantitative estimate of drug-likeness (QED) is 0.557. The van der Waals surface area contributed by atoms with E-state index in [2.05, 4.69) is 10.1 Å². The van der Waals surface area contributed by atoms with Crippen molar-refractivity contribution in [1.29, 1.82) is 0 Å². The van der Waals surface area contributed by atoms with Crippen LogP contribution >= 0.6 is 11.8 Å². The average Bonchev–Trinajstić information content (AvgIpc) is 2.49. The highest BCUT2D eigenvalue weighted by Gasteiger charge is 2.13. The van der Waals surface area contributed by atoms with Gasteiger partial charge in [0.2, 0.25) is 5.91 Å². The summed E-state index contributed by atoms with van der Waals surface area (Å²) >= 11 is 1.42. The lowest BCUT2D eigenvalue weighted by molar-refractivity contribution is -0.141. The molecule has 0 fully saturated rings. The molecular formula is C14H19NO4S. The van der Waals surface area contributed by atoms with Crippen LogP contribution in [0.3, 0.4) is 0 Å². The monoisotopic (exact) mass is 297 g/mol. The van der Waals surface area contributed by atoms with E-state index in [0.717, 1.165) is 4.90 Å². The number of ether oxygens (including phenoxy) is 1. The highest BCUT2D eigenvalue weighted by atomic mass is 32.2. The molecule has 110 valence electrons. The number of thioether (sulfide) groups is 1. The largest absolute Gasteiger partial charge is 0.469 e. The molecule has 0 aliphatic rings. The van der Waals surface area contributed by atoms with E-state index in [4.69, 9.17) is 0 Å². The summed E-state index contributed by atoms with van der Waals surface area (Å²) in [5.41, 5.74) is 0. The molecule has 1 aromatic carbocycles. The topological polar surface area (TPSA) is 75.6 Å². The molecule has 1 aromatic rings. The van der Waals surface area contributed by atoms with Gasteiger partial charge in [-0.25, -0.2) is 0 Å². The van der Waals surface area contributed by atoms with Crippen LogP contribution in [0.4, 0.5) is 0 Å². The Bertz CT molecular complexity index is 424. The van der Waals surface area contributed by atoms with Crippen LogP contribution < -0.4 is 5.32 Å². The van der Waals surface area contributed by atoms with Crippen LogP contribution in [0.5, 0.6) is 0 Å². The maximum absolute atomic E-state index is 11.7. The lowest BCUT2D eigenvalue weighted by Gasteiger charge is -2.15. The summed E-state index contributed by atoms with van der Waals surface area (Å²) in [6.07, 6.45) is 0.540. The van der Waals surface area contributed by atoms with Crippen molar-refractivity contribution in [2.45, 2.75) is 23.8 Å². The number of hydrogen-bond donors (Lipinski definition) is 2. The summed E-state index contributed by atoms with van der Waals surface area (Å²) in [4.78, 5) is 23.8. The Balaban J connectivity index is 2.30. The Hall–Kier alpha value is -1.53. The third-order valence-corrected chi connectivity index (χ3v) is 3.64. The second-order valence-electron chi connectivity index (χ2n) is 4.16. The van der Waals surface area contributed by atoms with Gasteiger partial charge in [0.1, 0.15) is 0 Å². The summed E-state index contributed by atoms with van der Waals surface area (Å²) in [6.45, 7) is -0.196.